The zero-order chi connectivity index (χ0) is 18.6. The van der Waals surface area contributed by atoms with Crippen molar-refractivity contribution in [2.45, 2.75) is 24.8 Å². The minimum absolute atomic E-state index is 0.0679. The lowest BCUT2D eigenvalue weighted by molar-refractivity contribution is -0.120. The summed E-state index contributed by atoms with van der Waals surface area (Å²) in [5.41, 5.74) is 0.189. The molecular weight excluding hydrogens is 383 g/mol. The molecule has 2 aromatic rings. The second-order valence-electron chi connectivity index (χ2n) is 5.64. The van der Waals surface area contributed by atoms with Crippen LogP contribution >= 0.6 is 23.2 Å². The number of anilines is 1. The maximum Gasteiger partial charge on any atom is 0.264 e. The Morgan fingerprint density at radius 2 is 1.76 bits per heavy atom. The molecule has 0 spiro atoms. The Bertz CT molecular complexity index is 855. The number of hydrogen-bond donors (Lipinski definition) is 1. The van der Waals surface area contributed by atoms with Gasteiger partial charge in [-0.2, -0.15) is 0 Å². The summed E-state index contributed by atoms with van der Waals surface area (Å²) in [5.74, 6) is -0.430. The molecule has 25 heavy (non-hydrogen) atoms. The molecule has 0 radical (unpaired) electrons. The number of nitrogens with one attached hydrogen (secondary N) is 1. The molecule has 0 bridgehead atoms. The highest BCUT2D eigenvalue weighted by atomic mass is 35.5. The van der Waals surface area contributed by atoms with Gasteiger partial charge in [-0.15, -0.1) is 0 Å². The maximum absolute atomic E-state index is 13.0. The topological polar surface area (TPSA) is 66.5 Å². The predicted octanol–water partition coefficient (Wildman–Crippen LogP) is 3.71. The lowest BCUT2D eigenvalue weighted by Crippen LogP contribution is -2.43. The first-order chi connectivity index (χ1) is 11.7. The van der Waals surface area contributed by atoms with Crippen LogP contribution in [0.1, 0.15) is 13.8 Å². The Morgan fingerprint density at radius 1 is 1.12 bits per heavy atom. The first-order valence-corrected chi connectivity index (χ1v) is 9.73. The van der Waals surface area contributed by atoms with Crippen molar-refractivity contribution in [1.29, 1.82) is 0 Å². The van der Waals surface area contributed by atoms with Crippen LogP contribution in [0.3, 0.4) is 0 Å². The van der Waals surface area contributed by atoms with Crippen LogP contribution in [-0.2, 0) is 14.8 Å². The van der Waals surface area contributed by atoms with Gasteiger partial charge in [-0.25, -0.2) is 8.42 Å². The average molecular weight is 401 g/mol. The van der Waals surface area contributed by atoms with E-state index in [0.29, 0.717) is 5.02 Å². The van der Waals surface area contributed by atoms with E-state index in [0.717, 1.165) is 4.31 Å². The van der Waals surface area contributed by atoms with Gasteiger partial charge in [0.05, 0.1) is 15.6 Å². The molecule has 1 amide bonds. The Hall–Kier alpha value is -1.76. The van der Waals surface area contributed by atoms with E-state index < -0.39 is 22.5 Å². The second kappa shape index (κ2) is 8.08. The van der Waals surface area contributed by atoms with Gasteiger partial charge in [-0.05, 0) is 44.2 Å². The fourth-order valence-electron chi connectivity index (χ4n) is 2.20. The molecule has 134 valence electrons. The summed E-state index contributed by atoms with van der Waals surface area (Å²) in [7, 11) is -3.98. The van der Waals surface area contributed by atoms with Crippen LogP contribution < -0.4 is 9.62 Å². The largest absolute Gasteiger partial charge is 0.352 e. The molecule has 0 saturated heterocycles. The average Bonchev–Trinajstić information content (AvgIpc) is 2.53. The third-order valence-corrected chi connectivity index (χ3v) is 5.56. The summed E-state index contributed by atoms with van der Waals surface area (Å²) in [6.07, 6.45) is 0. The van der Waals surface area contributed by atoms with Crippen molar-refractivity contribution in [2.24, 2.45) is 0 Å². The van der Waals surface area contributed by atoms with Gasteiger partial charge in [0.2, 0.25) is 5.91 Å². The Kier molecular flexibility index (Phi) is 6.32. The predicted molar refractivity (Wildman–Crippen MR) is 101 cm³/mol. The van der Waals surface area contributed by atoms with Crippen LogP contribution in [0.15, 0.2) is 53.4 Å². The van der Waals surface area contributed by atoms with Crippen molar-refractivity contribution in [3.63, 3.8) is 0 Å². The molecule has 0 atom stereocenters. The number of amides is 1. The maximum atomic E-state index is 13.0. The number of nitrogens with zero attached hydrogens (tertiary/aromatic N) is 1. The van der Waals surface area contributed by atoms with Crippen molar-refractivity contribution in [3.8, 4) is 0 Å². The number of carbonyl (C=O) groups excluding carboxylic acids is 1. The molecule has 8 heteroatoms. The fraction of sp³-hybridized carbons (Fsp3) is 0.235. The highest BCUT2D eigenvalue weighted by Crippen LogP contribution is 2.32. The first kappa shape index (κ1) is 19.6. The van der Waals surface area contributed by atoms with E-state index in [9.17, 15) is 13.2 Å². The molecule has 0 aliphatic heterocycles. The number of rotatable bonds is 6. The normalized spacial score (nSPS) is 11.4. The molecule has 0 fully saturated rings. The van der Waals surface area contributed by atoms with Gasteiger partial charge in [-0.1, -0.05) is 41.4 Å². The van der Waals surface area contributed by atoms with Crippen LogP contribution in [0.25, 0.3) is 0 Å². The van der Waals surface area contributed by atoms with Crippen molar-refractivity contribution < 1.29 is 13.2 Å². The fourth-order valence-corrected chi connectivity index (χ4v) is 4.22. The smallest absolute Gasteiger partial charge is 0.264 e. The van der Waals surface area contributed by atoms with E-state index in [-0.39, 0.29) is 21.6 Å². The second-order valence-corrected chi connectivity index (χ2v) is 8.35. The molecule has 1 N–H and O–H groups in total. The van der Waals surface area contributed by atoms with E-state index in [1.807, 2.05) is 0 Å². The van der Waals surface area contributed by atoms with Crippen LogP contribution in [0, 0.1) is 0 Å². The van der Waals surface area contributed by atoms with Gasteiger partial charge in [0, 0.05) is 11.1 Å². The molecule has 0 saturated carbocycles. The van der Waals surface area contributed by atoms with E-state index in [4.69, 9.17) is 23.2 Å². The van der Waals surface area contributed by atoms with Crippen molar-refractivity contribution in [3.05, 3.63) is 58.6 Å². The van der Waals surface area contributed by atoms with E-state index >= 15 is 0 Å². The van der Waals surface area contributed by atoms with Crippen molar-refractivity contribution in [1.82, 2.24) is 5.32 Å². The molecule has 0 heterocycles. The van der Waals surface area contributed by atoms with Crippen LogP contribution in [0.2, 0.25) is 10.0 Å². The SMILES string of the molecule is CC(C)NC(=O)CN(c1ccc(Cl)cc1Cl)S(=O)(=O)c1ccccc1. The number of sulfonamides is 1. The molecule has 5 nitrogen and oxygen atoms in total. The van der Waals surface area contributed by atoms with Gasteiger partial charge in [0.1, 0.15) is 6.54 Å². The third kappa shape index (κ3) is 4.87. The van der Waals surface area contributed by atoms with Crippen LogP contribution in [0.4, 0.5) is 5.69 Å². The Balaban J connectivity index is 2.50. The van der Waals surface area contributed by atoms with Gasteiger partial charge >= 0.3 is 0 Å². The van der Waals surface area contributed by atoms with E-state index in [2.05, 4.69) is 5.32 Å². The van der Waals surface area contributed by atoms with Gasteiger partial charge in [-0.3, -0.25) is 9.10 Å². The van der Waals surface area contributed by atoms with Gasteiger partial charge in [0.15, 0.2) is 0 Å². The standard InChI is InChI=1S/C17H18Cl2N2O3S/c1-12(2)20-17(22)11-21(16-9-8-13(18)10-15(16)19)25(23,24)14-6-4-3-5-7-14/h3-10,12H,11H2,1-2H3,(H,20,22). The highest BCUT2D eigenvalue weighted by molar-refractivity contribution is 7.92. The van der Waals surface area contributed by atoms with E-state index in [1.54, 1.807) is 32.0 Å². The lowest BCUT2D eigenvalue weighted by Gasteiger charge is -2.25. The molecule has 0 aliphatic carbocycles. The Morgan fingerprint density at radius 3 is 2.32 bits per heavy atom. The number of carbonyl (C=O) groups is 1. The van der Waals surface area contributed by atoms with Crippen molar-refractivity contribution >= 4 is 44.8 Å². The number of hydrogen-bond acceptors (Lipinski definition) is 3. The quantitative estimate of drug-likeness (QED) is 0.803. The molecule has 2 aromatic carbocycles. The lowest BCUT2D eigenvalue weighted by atomic mass is 10.3. The number of benzene rings is 2. The summed E-state index contributed by atoms with van der Waals surface area (Å²) in [6.45, 7) is 3.20. The summed E-state index contributed by atoms with van der Waals surface area (Å²) >= 11 is 12.1. The molecule has 0 unspecified atom stereocenters. The molecule has 0 aromatic heterocycles. The third-order valence-electron chi connectivity index (χ3n) is 3.25. The molecule has 0 aliphatic rings. The van der Waals surface area contributed by atoms with Gasteiger partial charge < -0.3 is 5.32 Å². The van der Waals surface area contributed by atoms with Crippen LogP contribution in [0.5, 0.6) is 0 Å². The first-order valence-electron chi connectivity index (χ1n) is 7.54. The monoisotopic (exact) mass is 400 g/mol. The molecular formula is C17H18Cl2N2O3S. The minimum atomic E-state index is -3.98. The van der Waals surface area contributed by atoms with Gasteiger partial charge in [0.25, 0.3) is 10.0 Å². The summed E-state index contributed by atoms with van der Waals surface area (Å²) < 4.78 is 27.1. The number of halogens is 2. The highest BCUT2D eigenvalue weighted by Gasteiger charge is 2.28. The summed E-state index contributed by atoms with van der Waals surface area (Å²) in [5, 5.41) is 3.20. The Labute approximate surface area is 157 Å². The zero-order valence-electron chi connectivity index (χ0n) is 13.7. The minimum Gasteiger partial charge on any atom is -0.352 e. The zero-order valence-corrected chi connectivity index (χ0v) is 16.1. The molecule has 2 rings (SSSR count). The van der Waals surface area contributed by atoms with E-state index in [1.165, 1.54) is 30.3 Å². The summed E-state index contributed by atoms with van der Waals surface area (Å²) in [6, 6.07) is 12.2. The van der Waals surface area contributed by atoms with Crippen molar-refractivity contribution in [2.75, 3.05) is 10.8 Å². The summed E-state index contributed by atoms with van der Waals surface area (Å²) in [4.78, 5) is 12.3. The van der Waals surface area contributed by atoms with Crippen LogP contribution in [-0.4, -0.2) is 26.9 Å².